The predicted molar refractivity (Wildman–Crippen MR) is 110 cm³/mol. The van der Waals surface area contributed by atoms with Crippen molar-refractivity contribution >= 4 is 28.4 Å². The van der Waals surface area contributed by atoms with Crippen LogP contribution in [0.3, 0.4) is 0 Å². The molecule has 0 fully saturated rings. The van der Waals surface area contributed by atoms with E-state index in [1.54, 1.807) is 20.8 Å². The van der Waals surface area contributed by atoms with Gasteiger partial charge in [0.25, 0.3) is 5.69 Å². The van der Waals surface area contributed by atoms with Gasteiger partial charge in [0.1, 0.15) is 16.9 Å². The van der Waals surface area contributed by atoms with E-state index in [0.717, 1.165) is 0 Å². The maximum absolute atomic E-state index is 12.8. The van der Waals surface area contributed by atoms with Crippen LogP contribution in [0.1, 0.15) is 36.7 Å². The van der Waals surface area contributed by atoms with Crippen molar-refractivity contribution in [3.05, 3.63) is 80.2 Å². The number of nitrogens with zero attached hydrogens (tertiary/aromatic N) is 1. The summed E-state index contributed by atoms with van der Waals surface area (Å²) in [6.07, 6.45) is 0. The zero-order chi connectivity index (χ0) is 22.8. The molecule has 0 bridgehead atoms. The molecule has 0 unspecified atom stereocenters. The summed E-state index contributed by atoms with van der Waals surface area (Å²) in [6, 6.07) is 10.9. The van der Waals surface area contributed by atoms with Gasteiger partial charge in [0.2, 0.25) is 0 Å². The normalized spacial score (nSPS) is 11.2. The molecule has 1 aromatic heterocycles. The minimum absolute atomic E-state index is 0.136. The van der Waals surface area contributed by atoms with Gasteiger partial charge in [-0.15, -0.1) is 0 Å². The SMILES string of the molecule is CCOC(=O)C(C)(C)Oc1ccc(C(=O)c2cc3cc([N+](=O)[O-])ccc3oc2=O)cc1. The molecular weight excluding hydrogens is 406 g/mol. The van der Waals surface area contributed by atoms with Crippen molar-refractivity contribution in [3.63, 3.8) is 0 Å². The summed E-state index contributed by atoms with van der Waals surface area (Å²) in [5.74, 6) is -0.813. The number of esters is 1. The van der Waals surface area contributed by atoms with Gasteiger partial charge >= 0.3 is 11.6 Å². The number of nitro groups is 1. The molecule has 0 saturated heterocycles. The zero-order valence-electron chi connectivity index (χ0n) is 17.0. The summed E-state index contributed by atoms with van der Waals surface area (Å²) in [5, 5.41) is 11.2. The Morgan fingerprint density at radius 3 is 2.39 bits per heavy atom. The van der Waals surface area contributed by atoms with Crippen LogP contribution in [0.5, 0.6) is 5.75 Å². The first kappa shape index (κ1) is 21.7. The number of hydrogen-bond donors (Lipinski definition) is 0. The predicted octanol–water partition coefficient (Wildman–Crippen LogP) is 3.65. The first-order valence-electron chi connectivity index (χ1n) is 9.35. The second-order valence-electron chi connectivity index (χ2n) is 7.11. The molecule has 3 rings (SSSR count). The molecule has 0 N–H and O–H groups in total. The summed E-state index contributed by atoms with van der Waals surface area (Å²) in [7, 11) is 0. The van der Waals surface area contributed by atoms with Crippen molar-refractivity contribution in [1.29, 1.82) is 0 Å². The van der Waals surface area contributed by atoms with Gasteiger partial charge < -0.3 is 13.9 Å². The van der Waals surface area contributed by atoms with E-state index in [0.29, 0.717) is 5.75 Å². The summed E-state index contributed by atoms with van der Waals surface area (Å²) in [5.41, 5.74) is -2.21. The number of carbonyl (C=O) groups excluding carboxylic acids is 2. The minimum Gasteiger partial charge on any atom is -0.476 e. The first-order valence-corrected chi connectivity index (χ1v) is 9.35. The lowest BCUT2D eigenvalue weighted by Crippen LogP contribution is -2.39. The quantitative estimate of drug-likeness (QED) is 0.185. The molecule has 0 spiro atoms. The van der Waals surface area contributed by atoms with Gasteiger partial charge in [-0.25, -0.2) is 9.59 Å². The topological polar surface area (TPSA) is 126 Å². The Kier molecular flexibility index (Phi) is 5.87. The molecule has 3 aromatic rings. The highest BCUT2D eigenvalue weighted by Crippen LogP contribution is 2.23. The fraction of sp³-hybridized carbons (Fsp3) is 0.227. The van der Waals surface area contributed by atoms with Gasteiger partial charge in [-0.2, -0.15) is 0 Å². The van der Waals surface area contributed by atoms with Crippen molar-refractivity contribution in [2.45, 2.75) is 26.4 Å². The van der Waals surface area contributed by atoms with Crippen LogP contribution in [-0.2, 0) is 9.53 Å². The highest BCUT2D eigenvalue weighted by Gasteiger charge is 2.31. The highest BCUT2D eigenvalue weighted by molar-refractivity contribution is 6.10. The van der Waals surface area contributed by atoms with E-state index >= 15 is 0 Å². The molecule has 9 heteroatoms. The number of non-ortho nitro benzene ring substituents is 1. The number of ether oxygens (including phenoxy) is 2. The average molecular weight is 425 g/mol. The zero-order valence-corrected chi connectivity index (χ0v) is 17.0. The third kappa shape index (κ3) is 4.61. The van der Waals surface area contributed by atoms with Crippen LogP contribution >= 0.6 is 0 Å². The molecule has 0 aliphatic heterocycles. The van der Waals surface area contributed by atoms with Gasteiger partial charge in [-0.05, 0) is 57.2 Å². The number of carbonyl (C=O) groups is 2. The lowest BCUT2D eigenvalue weighted by atomic mass is 10.0. The molecular formula is C22H19NO8. The second kappa shape index (κ2) is 8.39. The highest BCUT2D eigenvalue weighted by atomic mass is 16.6. The number of fused-ring (bicyclic) bond motifs is 1. The molecule has 0 aliphatic carbocycles. The first-order chi connectivity index (χ1) is 14.6. The van der Waals surface area contributed by atoms with E-state index in [1.165, 1.54) is 48.5 Å². The van der Waals surface area contributed by atoms with E-state index in [1.807, 2.05) is 0 Å². The molecule has 1 heterocycles. The van der Waals surface area contributed by atoms with Crippen molar-refractivity contribution in [2.75, 3.05) is 6.61 Å². The van der Waals surface area contributed by atoms with Crippen LogP contribution in [0.4, 0.5) is 5.69 Å². The molecule has 31 heavy (non-hydrogen) atoms. The second-order valence-corrected chi connectivity index (χ2v) is 7.11. The molecule has 0 radical (unpaired) electrons. The number of benzene rings is 2. The fourth-order valence-corrected chi connectivity index (χ4v) is 2.85. The summed E-state index contributed by atoms with van der Waals surface area (Å²) in [6.45, 7) is 5.03. The molecule has 2 aromatic carbocycles. The molecule has 9 nitrogen and oxygen atoms in total. The lowest BCUT2D eigenvalue weighted by Gasteiger charge is -2.24. The van der Waals surface area contributed by atoms with Crippen molar-refractivity contribution in [3.8, 4) is 5.75 Å². The Morgan fingerprint density at radius 1 is 1.10 bits per heavy atom. The number of ketones is 1. The Balaban J connectivity index is 1.88. The van der Waals surface area contributed by atoms with Gasteiger partial charge in [0.05, 0.1) is 11.5 Å². The van der Waals surface area contributed by atoms with Crippen LogP contribution in [0.15, 0.2) is 57.7 Å². The number of rotatable bonds is 7. The minimum atomic E-state index is -1.23. The van der Waals surface area contributed by atoms with Crippen molar-refractivity contribution in [2.24, 2.45) is 0 Å². The number of hydrogen-bond acceptors (Lipinski definition) is 8. The maximum atomic E-state index is 12.8. The Labute approximate surface area is 176 Å². The smallest absolute Gasteiger partial charge is 0.349 e. The van der Waals surface area contributed by atoms with Crippen LogP contribution in [0, 0.1) is 10.1 Å². The average Bonchev–Trinajstić information content (AvgIpc) is 2.72. The molecule has 160 valence electrons. The third-order valence-electron chi connectivity index (χ3n) is 4.43. The van der Waals surface area contributed by atoms with Crippen molar-refractivity contribution < 1.29 is 28.4 Å². The summed E-state index contributed by atoms with van der Waals surface area (Å²) in [4.78, 5) is 47.4. The number of nitro benzene ring substituents is 1. The van der Waals surface area contributed by atoms with Gasteiger partial charge in [0.15, 0.2) is 11.4 Å². The molecule has 0 atom stereocenters. The monoisotopic (exact) mass is 425 g/mol. The van der Waals surface area contributed by atoms with Crippen molar-refractivity contribution in [1.82, 2.24) is 0 Å². The van der Waals surface area contributed by atoms with Gasteiger partial charge in [0, 0.05) is 23.1 Å². The molecule has 0 amide bonds. The standard InChI is InChI=1S/C22H19NO8/c1-4-29-21(26)22(2,3)31-16-8-5-13(6-9-16)19(24)17-12-14-11-15(23(27)28)7-10-18(14)30-20(17)25/h5-12H,4H2,1-3H3. The van der Waals surface area contributed by atoms with Crippen LogP contribution < -0.4 is 10.4 Å². The van der Waals surface area contributed by atoms with E-state index in [-0.39, 0.29) is 34.4 Å². The Hall–Kier alpha value is -4.01. The Morgan fingerprint density at radius 2 is 1.77 bits per heavy atom. The van der Waals surface area contributed by atoms with Gasteiger partial charge in [-0.1, -0.05) is 0 Å². The third-order valence-corrected chi connectivity index (χ3v) is 4.43. The van der Waals surface area contributed by atoms with Gasteiger partial charge in [-0.3, -0.25) is 14.9 Å². The van der Waals surface area contributed by atoms with Crippen LogP contribution in [0.2, 0.25) is 0 Å². The van der Waals surface area contributed by atoms with Crippen LogP contribution in [0.25, 0.3) is 11.0 Å². The summed E-state index contributed by atoms with van der Waals surface area (Å²) < 4.78 is 15.7. The molecule has 0 saturated carbocycles. The van der Waals surface area contributed by atoms with E-state index < -0.39 is 27.9 Å². The fourth-order valence-electron chi connectivity index (χ4n) is 2.85. The van der Waals surface area contributed by atoms with E-state index in [9.17, 15) is 24.5 Å². The Bertz CT molecular complexity index is 1220. The summed E-state index contributed by atoms with van der Waals surface area (Å²) >= 11 is 0. The largest absolute Gasteiger partial charge is 0.476 e. The molecule has 0 aliphatic rings. The van der Waals surface area contributed by atoms with E-state index in [2.05, 4.69) is 0 Å². The lowest BCUT2D eigenvalue weighted by molar-refractivity contribution is -0.384. The van der Waals surface area contributed by atoms with E-state index in [4.69, 9.17) is 13.9 Å². The van der Waals surface area contributed by atoms with Crippen LogP contribution in [-0.4, -0.2) is 28.9 Å². The maximum Gasteiger partial charge on any atom is 0.349 e.